The zero-order chi connectivity index (χ0) is 20.0. The molecule has 0 aliphatic rings. The number of para-hydroxylation sites is 1. The number of aryl methyl sites for hydroxylation is 1. The Bertz CT molecular complexity index is 1040. The summed E-state index contributed by atoms with van der Waals surface area (Å²) in [5.74, 6) is -0.0728. The predicted molar refractivity (Wildman–Crippen MR) is 111 cm³/mol. The molecule has 7 heteroatoms. The Morgan fingerprint density at radius 2 is 1.71 bits per heavy atom. The zero-order valence-corrected chi connectivity index (χ0v) is 16.7. The molecule has 0 aliphatic carbocycles. The SMILES string of the molecule is Cc1[nH]c2ccccc2c1CCNC(=O)CCCNS(=O)(=O)c1ccccc1. The summed E-state index contributed by atoms with van der Waals surface area (Å²) in [6.07, 6.45) is 1.48. The Hall–Kier alpha value is -2.64. The number of sulfonamides is 1. The van der Waals surface area contributed by atoms with Crippen molar-refractivity contribution in [3.8, 4) is 0 Å². The van der Waals surface area contributed by atoms with E-state index in [-0.39, 0.29) is 23.8 Å². The molecule has 1 heterocycles. The third-order valence-corrected chi connectivity index (χ3v) is 6.13. The van der Waals surface area contributed by atoms with Gasteiger partial charge in [-0.15, -0.1) is 0 Å². The van der Waals surface area contributed by atoms with E-state index in [0.29, 0.717) is 13.0 Å². The lowest BCUT2D eigenvalue weighted by Gasteiger charge is -2.08. The molecule has 0 aliphatic heterocycles. The first-order valence-electron chi connectivity index (χ1n) is 9.35. The molecule has 1 amide bonds. The lowest BCUT2D eigenvalue weighted by atomic mass is 10.1. The van der Waals surface area contributed by atoms with Crippen molar-refractivity contribution < 1.29 is 13.2 Å². The molecule has 148 valence electrons. The minimum Gasteiger partial charge on any atom is -0.358 e. The second-order valence-electron chi connectivity index (χ2n) is 6.69. The van der Waals surface area contributed by atoms with Crippen LogP contribution in [0.4, 0.5) is 0 Å². The average molecular weight is 400 g/mol. The molecule has 0 spiro atoms. The van der Waals surface area contributed by atoms with Crippen molar-refractivity contribution in [1.82, 2.24) is 15.0 Å². The predicted octanol–water partition coefficient (Wildman–Crippen LogP) is 2.89. The number of rotatable bonds is 9. The summed E-state index contributed by atoms with van der Waals surface area (Å²) in [7, 11) is -3.52. The van der Waals surface area contributed by atoms with Gasteiger partial charge in [-0.25, -0.2) is 13.1 Å². The van der Waals surface area contributed by atoms with Crippen LogP contribution in [0.15, 0.2) is 59.5 Å². The number of aromatic nitrogens is 1. The molecular formula is C21H25N3O3S. The van der Waals surface area contributed by atoms with E-state index < -0.39 is 10.0 Å². The molecule has 3 rings (SSSR count). The molecule has 2 aromatic carbocycles. The smallest absolute Gasteiger partial charge is 0.240 e. The topological polar surface area (TPSA) is 91.1 Å². The molecule has 0 fully saturated rings. The maximum Gasteiger partial charge on any atom is 0.240 e. The number of hydrogen-bond acceptors (Lipinski definition) is 3. The first-order chi connectivity index (χ1) is 13.5. The number of hydrogen-bond donors (Lipinski definition) is 3. The van der Waals surface area contributed by atoms with Crippen LogP contribution in [0, 0.1) is 6.92 Å². The molecule has 3 N–H and O–H groups in total. The van der Waals surface area contributed by atoms with Gasteiger partial charge in [0.05, 0.1) is 4.90 Å². The van der Waals surface area contributed by atoms with E-state index in [2.05, 4.69) is 21.1 Å². The standard InChI is InChI=1S/C21H25N3O3S/c1-16-18(19-10-5-6-11-20(19)24-16)13-15-22-21(25)12-7-14-23-28(26,27)17-8-3-2-4-9-17/h2-6,8-11,23-24H,7,12-15H2,1H3,(H,22,25). The number of carbonyl (C=O) groups excluding carboxylic acids is 1. The van der Waals surface area contributed by atoms with Crippen LogP contribution in [0.2, 0.25) is 0 Å². The second kappa shape index (κ2) is 9.03. The maximum atomic E-state index is 12.1. The third kappa shape index (κ3) is 4.99. The van der Waals surface area contributed by atoms with E-state index >= 15 is 0 Å². The summed E-state index contributed by atoms with van der Waals surface area (Å²) in [5, 5.41) is 4.10. The molecular weight excluding hydrogens is 374 g/mol. The van der Waals surface area contributed by atoms with Crippen LogP contribution in [-0.4, -0.2) is 32.4 Å². The summed E-state index contributed by atoms with van der Waals surface area (Å²) < 4.78 is 26.7. The van der Waals surface area contributed by atoms with Gasteiger partial charge in [0, 0.05) is 36.1 Å². The number of H-pyrrole nitrogens is 1. The fraction of sp³-hybridized carbons (Fsp3) is 0.286. The molecule has 3 aromatic rings. The summed E-state index contributed by atoms with van der Waals surface area (Å²) in [5.41, 5.74) is 3.43. The highest BCUT2D eigenvalue weighted by Gasteiger charge is 2.13. The fourth-order valence-electron chi connectivity index (χ4n) is 3.21. The summed E-state index contributed by atoms with van der Waals surface area (Å²) in [6, 6.07) is 16.3. The molecule has 0 radical (unpaired) electrons. The number of aromatic amines is 1. The van der Waals surface area contributed by atoms with Crippen LogP contribution in [-0.2, 0) is 21.2 Å². The Kier molecular flexibility index (Phi) is 6.49. The third-order valence-electron chi connectivity index (χ3n) is 4.65. The van der Waals surface area contributed by atoms with Crippen LogP contribution in [0.1, 0.15) is 24.1 Å². The first kappa shape index (κ1) is 20.1. The van der Waals surface area contributed by atoms with Crippen LogP contribution in [0.25, 0.3) is 10.9 Å². The second-order valence-corrected chi connectivity index (χ2v) is 8.46. The number of benzene rings is 2. The van der Waals surface area contributed by atoms with E-state index in [4.69, 9.17) is 0 Å². The van der Waals surface area contributed by atoms with E-state index in [1.54, 1.807) is 30.3 Å². The molecule has 0 saturated heterocycles. The van der Waals surface area contributed by atoms with Crippen molar-refractivity contribution in [1.29, 1.82) is 0 Å². The first-order valence-corrected chi connectivity index (χ1v) is 10.8. The van der Waals surface area contributed by atoms with E-state index in [9.17, 15) is 13.2 Å². The summed E-state index contributed by atoms with van der Waals surface area (Å²) in [6.45, 7) is 2.82. The molecule has 0 unspecified atom stereocenters. The summed E-state index contributed by atoms with van der Waals surface area (Å²) in [4.78, 5) is 15.6. The number of carbonyl (C=O) groups is 1. The molecule has 6 nitrogen and oxygen atoms in total. The molecule has 28 heavy (non-hydrogen) atoms. The normalized spacial score (nSPS) is 11.6. The minimum absolute atomic E-state index is 0.0728. The lowest BCUT2D eigenvalue weighted by Crippen LogP contribution is -2.28. The largest absolute Gasteiger partial charge is 0.358 e. The van der Waals surface area contributed by atoms with Gasteiger partial charge in [0.2, 0.25) is 15.9 Å². The van der Waals surface area contributed by atoms with Crippen LogP contribution < -0.4 is 10.0 Å². The van der Waals surface area contributed by atoms with Crippen LogP contribution in [0.5, 0.6) is 0 Å². The van der Waals surface area contributed by atoms with Gasteiger partial charge in [0.15, 0.2) is 0 Å². The van der Waals surface area contributed by atoms with Gasteiger partial charge < -0.3 is 10.3 Å². The number of nitrogens with one attached hydrogen (secondary N) is 3. The molecule has 0 bridgehead atoms. The van der Waals surface area contributed by atoms with Crippen LogP contribution in [0.3, 0.4) is 0 Å². The van der Waals surface area contributed by atoms with Gasteiger partial charge >= 0.3 is 0 Å². The van der Waals surface area contributed by atoms with E-state index in [0.717, 1.165) is 17.6 Å². The highest BCUT2D eigenvalue weighted by Crippen LogP contribution is 2.21. The molecule has 0 atom stereocenters. The minimum atomic E-state index is -3.52. The molecule has 0 saturated carbocycles. The monoisotopic (exact) mass is 399 g/mol. The zero-order valence-electron chi connectivity index (χ0n) is 15.9. The summed E-state index contributed by atoms with van der Waals surface area (Å²) >= 11 is 0. The quantitative estimate of drug-likeness (QED) is 0.483. The van der Waals surface area contributed by atoms with Crippen molar-refractivity contribution in [2.75, 3.05) is 13.1 Å². The van der Waals surface area contributed by atoms with Gasteiger partial charge in [-0.2, -0.15) is 0 Å². The Morgan fingerprint density at radius 3 is 2.50 bits per heavy atom. The van der Waals surface area contributed by atoms with Crippen molar-refractivity contribution in [2.24, 2.45) is 0 Å². The van der Waals surface area contributed by atoms with Crippen molar-refractivity contribution in [3.63, 3.8) is 0 Å². The van der Waals surface area contributed by atoms with Gasteiger partial charge in [-0.3, -0.25) is 4.79 Å². The van der Waals surface area contributed by atoms with Crippen molar-refractivity contribution in [3.05, 3.63) is 65.9 Å². The number of amides is 1. The fourth-order valence-corrected chi connectivity index (χ4v) is 4.31. The van der Waals surface area contributed by atoms with Crippen molar-refractivity contribution >= 4 is 26.8 Å². The molecule has 1 aromatic heterocycles. The van der Waals surface area contributed by atoms with Gasteiger partial charge in [0.1, 0.15) is 0 Å². The van der Waals surface area contributed by atoms with Crippen molar-refractivity contribution in [2.45, 2.75) is 31.1 Å². The Morgan fingerprint density at radius 1 is 1.00 bits per heavy atom. The average Bonchev–Trinajstić information content (AvgIpc) is 3.01. The highest BCUT2D eigenvalue weighted by atomic mass is 32.2. The van der Waals surface area contributed by atoms with E-state index in [1.807, 2.05) is 25.1 Å². The van der Waals surface area contributed by atoms with Gasteiger partial charge in [-0.1, -0.05) is 36.4 Å². The number of fused-ring (bicyclic) bond motifs is 1. The van der Waals surface area contributed by atoms with Gasteiger partial charge in [-0.05, 0) is 43.5 Å². The Balaban J connectivity index is 1.40. The lowest BCUT2D eigenvalue weighted by molar-refractivity contribution is -0.121. The maximum absolute atomic E-state index is 12.1. The Labute approximate surface area is 165 Å². The van der Waals surface area contributed by atoms with E-state index in [1.165, 1.54) is 10.9 Å². The van der Waals surface area contributed by atoms with Crippen LogP contribution >= 0.6 is 0 Å². The highest BCUT2D eigenvalue weighted by molar-refractivity contribution is 7.89. The van der Waals surface area contributed by atoms with Gasteiger partial charge in [0.25, 0.3) is 0 Å².